The number of hydrogen-bond acceptors (Lipinski definition) is 3. The molecule has 0 heterocycles. The highest BCUT2D eigenvalue weighted by molar-refractivity contribution is 5.78. The Morgan fingerprint density at radius 1 is 1.06 bits per heavy atom. The Balaban J connectivity index is 1.93. The van der Waals surface area contributed by atoms with E-state index in [2.05, 4.69) is 11.2 Å². The second-order valence-electron chi connectivity index (χ2n) is 3.69. The molecule has 0 N–H and O–H groups in total. The van der Waals surface area contributed by atoms with Gasteiger partial charge in [0.15, 0.2) is 0 Å². The van der Waals surface area contributed by atoms with E-state index in [0.29, 0.717) is 12.2 Å². The molecule has 2 aromatic carbocycles. The molecular weight excluding hydrogens is 224 g/mol. The molecule has 0 amide bonds. The molecule has 0 aliphatic rings. The monoisotopic (exact) mass is 236 g/mol. The summed E-state index contributed by atoms with van der Waals surface area (Å²) in [5.74, 6) is 0. The lowest BCUT2D eigenvalue weighted by molar-refractivity contribution is 0.132. The van der Waals surface area contributed by atoms with Gasteiger partial charge >= 0.3 is 0 Å². The van der Waals surface area contributed by atoms with Crippen molar-refractivity contribution in [2.45, 2.75) is 6.61 Å². The number of benzene rings is 2. The summed E-state index contributed by atoms with van der Waals surface area (Å²) in [5.41, 5.74) is 2.43. The first-order valence-corrected chi connectivity index (χ1v) is 5.58. The zero-order valence-corrected chi connectivity index (χ0v) is 9.78. The lowest BCUT2D eigenvalue weighted by Crippen LogP contribution is -1.91. The van der Waals surface area contributed by atoms with Gasteiger partial charge in [0.2, 0.25) is 0 Å². The Hall–Kier alpha value is -2.60. The van der Waals surface area contributed by atoms with E-state index in [1.165, 1.54) is 0 Å². The van der Waals surface area contributed by atoms with Crippen LogP contribution in [0.4, 0.5) is 0 Å². The van der Waals surface area contributed by atoms with E-state index in [0.717, 1.165) is 11.1 Å². The Kier molecular flexibility index (Phi) is 4.10. The fourth-order valence-electron chi connectivity index (χ4n) is 1.50. The number of nitrogens with zero attached hydrogens (tertiary/aromatic N) is 2. The molecule has 88 valence electrons. The summed E-state index contributed by atoms with van der Waals surface area (Å²) in [5, 5.41) is 12.8. The molecule has 0 aliphatic carbocycles. The molecule has 0 bridgehead atoms. The van der Waals surface area contributed by atoms with E-state index in [9.17, 15) is 0 Å². The van der Waals surface area contributed by atoms with Gasteiger partial charge in [0.25, 0.3) is 0 Å². The third kappa shape index (κ3) is 3.19. The average molecular weight is 236 g/mol. The van der Waals surface area contributed by atoms with Crippen molar-refractivity contribution in [3.05, 3.63) is 71.3 Å². The van der Waals surface area contributed by atoms with E-state index >= 15 is 0 Å². The van der Waals surface area contributed by atoms with Crippen molar-refractivity contribution >= 4 is 6.21 Å². The molecule has 3 nitrogen and oxygen atoms in total. The van der Waals surface area contributed by atoms with Crippen LogP contribution in [0.2, 0.25) is 0 Å². The summed E-state index contributed by atoms with van der Waals surface area (Å²) in [7, 11) is 0. The molecule has 18 heavy (non-hydrogen) atoms. The standard InChI is InChI=1S/C15H12N2O/c16-10-14-8-4-5-9-15(14)12-18-17-11-13-6-2-1-3-7-13/h1-9,11H,12H2. The molecule has 0 aliphatic heterocycles. The molecule has 0 atom stereocenters. The van der Waals surface area contributed by atoms with Crippen LogP contribution in [0.3, 0.4) is 0 Å². The number of nitriles is 1. The fourth-order valence-corrected chi connectivity index (χ4v) is 1.50. The summed E-state index contributed by atoms with van der Waals surface area (Å²) < 4.78 is 0. The van der Waals surface area contributed by atoms with Gasteiger partial charge in [0, 0.05) is 5.56 Å². The maximum Gasteiger partial charge on any atom is 0.143 e. The van der Waals surface area contributed by atoms with Crippen molar-refractivity contribution in [2.24, 2.45) is 5.16 Å². The van der Waals surface area contributed by atoms with Crippen LogP contribution in [0.5, 0.6) is 0 Å². The van der Waals surface area contributed by atoms with Crippen molar-refractivity contribution in [3.63, 3.8) is 0 Å². The zero-order chi connectivity index (χ0) is 12.6. The van der Waals surface area contributed by atoms with Gasteiger partial charge in [0.05, 0.1) is 17.8 Å². The van der Waals surface area contributed by atoms with Crippen molar-refractivity contribution in [2.75, 3.05) is 0 Å². The number of rotatable bonds is 4. The van der Waals surface area contributed by atoms with Crippen molar-refractivity contribution in [1.82, 2.24) is 0 Å². The van der Waals surface area contributed by atoms with Crippen LogP contribution in [-0.4, -0.2) is 6.21 Å². The second kappa shape index (κ2) is 6.21. The largest absolute Gasteiger partial charge is 0.391 e. The van der Waals surface area contributed by atoms with Crippen molar-refractivity contribution < 1.29 is 4.84 Å². The summed E-state index contributed by atoms with van der Waals surface area (Å²) in [6, 6.07) is 19.1. The predicted molar refractivity (Wildman–Crippen MR) is 70.0 cm³/mol. The maximum absolute atomic E-state index is 8.91. The smallest absolute Gasteiger partial charge is 0.143 e. The van der Waals surface area contributed by atoms with E-state index in [1.54, 1.807) is 12.3 Å². The SMILES string of the molecule is N#Cc1ccccc1CON=Cc1ccccc1. The first-order valence-electron chi connectivity index (χ1n) is 5.58. The van der Waals surface area contributed by atoms with Gasteiger partial charge in [-0.25, -0.2) is 0 Å². The third-order valence-corrected chi connectivity index (χ3v) is 2.43. The normalized spacial score (nSPS) is 10.2. The molecule has 0 spiro atoms. The Labute approximate surface area is 106 Å². The highest BCUT2D eigenvalue weighted by Crippen LogP contribution is 2.08. The molecule has 0 saturated carbocycles. The van der Waals surface area contributed by atoms with Crippen LogP contribution >= 0.6 is 0 Å². The summed E-state index contributed by atoms with van der Waals surface area (Å²) >= 11 is 0. The van der Waals surface area contributed by atoms with Crippen LogP contribution < -0.4 is 0 Å². The van der Waals surface area contributed by atoms with Crippen LogP contribution in [0.25, 0.3) is 0 Å². The number of hydrogen-bond donors (Lipinski definition) is 0. The molecule has 0 fully saturated rings. The topological polar surface area (TPSA) is 45.4 Å². The van der Waals surface area contributed by atoms with Gasteiger partial charge in [-0.3, -0.25) is 0 Å². The van der Waals surface area contributed by atoms with Crippen LogP contribution in [0.15, 0.2) is 59.8 Å². The van der Waals surface area contributed by atoms with E-state index < -0.39 is 0 Å². The lowest BCUT2D eigenvalue weighted by Gasteiger charge is -2.01. The maximum atomic E-state index is 8.91. The minimum absolute atomic E-state index is 0.299. The van der Waals surface area contributed by atoms with Crippen molar-refractivity contribution in [1.29, 1.82) is 5.26 Å². The van der Waals surface area contributed by atoms with E-state index in [-0.39, 0.29) is 0 Å². The number of oxime groups is 1. The van der Waals surface area contributed by atoms with Crippen LogP contribution in [-0.2, 0) is 11.4 Å². The van der Waals surface area contributed by atoms with E-state index in [1.807, 2.05) is 48.5 Å². The molecular formula is C15H12N2O. The zero-order valence-electron chi connectivity index (χ0n) is 9.78. The predicted octanol–water partition coefficient (Wildman–Crippen LogP) is 3.11. The van der Waals surface area contributed by atoms with Crippen LogP contribution in [0, 0.1) is 11.3 Å². The van der Waals surface area contributed by atoms with Crippen LogP contribution in [0.1, 0.15) is 16.7 Å². The molecule has 2 aromatic rings. The van der Waals surface area contributed by atoms with Gasteiger partial charge in [0.1, 0.15) is 6.61 Å². The quantitative estimate of drug-likeness (QED) is 0.604. The van der Waals surface area contributed by atoms with E-state index in [4.69, 9.17) is 10.1 Å². The van der Waals surface area contributed by atoms with Gasteiger partial charge in [-0.2, -0.15) is 5.26 Å². The first kappa shape index (κ1) is 11.9. The molecule has 0 unspecified atom stereocenters. The van der Waals surface area contributed by atoms with Crippen molar-refractivity contribution in [3.8, 4) is 6.07 Å². The van der Waals surface area contributed by atoms with Gasteiger partial charge in [-0.1, -0.05) is 53.7 Å². The fraction of sp³-hybridized carbons (Fsp3) is 0.0667. The molecule has 0 saturated heterocycles. The second-order valence-corrected chi connectivity index (χ2v) is 3.69. The summed E-state index contributed by atoms with van der Waals surface area (Å²) in [6.45, 7) is 0.299. The Bertz CT molecular complexity index is 571. The minimum atomic E-state index is 0.299. The van der Waals surface area contributed by atoms with Gasteiger partial charge < -0.3 is 4.84 Å². The third-order valence-electron chi connectivity index (χ3n) is 2.43. The van der Waals surface area contributed by atoms with Gasteiger partial charge in [-0.05, 0) is 11.6 Å². The highest BCUT2D eigenvalue weighted by Gasteiger charge is 1.99. The summed E-state index contributed by atoms with van der Waals surface area (Å²) in [4.78, 5) is 5.18. The summed E-state index contributed by atoms with van der Waals surface area (Å²) in [6.07, 6.45) is 1.65. The highest BCUT2D eigenvalue weighted by atomic mass is 16.6. The molecule has 0 aromatic heterocycles. The first-order chi connectivity index (χ1) is 8.90. The Morgan fingerprint density at radius 3 is 2.56 bits per heavy atom. The minimum Gasteiger partial charge on any atom is -0.391 e. The molecule has 0 radical (unpaired) electrons. The lowest BCUT2D eigenvalue weighted by atomic mass is 10.1. The molecule has 2 rings (SSSR count). The van der Waals surface area contributed by atoms with Gasteiger partial charge in [-0.15, -0.1) is 0 Å². The average Bonchev–Trinajstić information content (AvgIpc) is 2.45. The molecule has 3 heteroatoms. The Morgan fingerprint density at radius 2 is 1.78 bits per heavy atom.